The first-order valence-electron chi connectivity index (χ1n) is 6.36. The summed E-state index contributed by atoms with van der Waals surface area (Å²) in [6.45, 7) is 3.87. The molecule has 2 aromatic carbocycles. The van der Waals surface area contributed by atoms with Gasteiger partial charge >= 0.3 is 0 Å². The van der Waals surface area contributed by atoms with Gasteiger partial charge in [0.2, 0.25) is 5.78 Å². The number of hydrogen-bond donors (Lipinski definition) is 0. The van der Waals surface area contributed by atoms with Crippen molar-refractivity contribution < 1.29 is 9.21 Å². The highest BCUT2D eigenvalue weighted by Gasteiger charge is 2.16. The van der Waals surface area contributed by atoms with Crippen LogP contribution in [0.3, 0.4) is 0 Å². The van der Waals surface area contributed by atoms with Crippen molar-refractivity contribution in [3.63, 3.8) is 0 Å². The van der Waals surface area contributed by atoms with Gasteiger partial charge in [-0.05, 0) is 37.1 Å². The van der Waals surface area contributed by atoms with Crippen molar-refractivity contribution >= 4 is 28.4 Å². The monoisotopic (exact) mass is 284 g/mol. The summed E-state index contributed by atoms with van der Waals surface area (Å²) >= 11 is 6.07. The van der Waals surface area contributed by atoms with E-state index in [2.05, 4.69) is 0 Å². The van der Waals surface area contributed by atoms with Crippen LogP contribution in [0.25, 0.3) is 11.0 Å². The van der Waals surface area contributed by atoms with E-state index in [1.165, 1.54) is 0 Å². The van der Waals surface area contributed by atoms with Gasteiger partial charge in [-0.25, -0.2) is 0 Å². The Morgan fingerprint density at radius 3 is 2.55 bits per heavy atom. The summed E-state index contributed by atoms with van der Waals surface area (Å²) in [4.78, 5) is 12.4. The Hall–Kier alpha value is -2.06. The average Bonchev–Trinajstić information content (AvgIpc) is 2.86. The second kappa shape index (κ2) is 4.80. The number of fused-ring (bicyclic) bond motifs is 1. The Morgan fingerprint density at radius 2 is 1.85 bits per heavy atom. The van der Waals surface area contributed by atoms with Crippen molar-refractivity contribution in [1.29, 1.82) is 0 Å². The molecule has 0 saturated heterocycles. The Labute approximate surface area is 122 Å². The van der Waals surface area contributed by atoms with E-state index in [1.54, 1.807) is 18.2 Å². The van der Waals surface area contributed by atoms with Gasteiger partial charge in [-0.2, -0.15) is 0 Å². The van der Waals surface area contributed by atoms with Crippen LogP contribution in [0.5, 0.6) is 0 Å². The molecule has 0 N–H and O–H groups in total. The minimum absolute atomic E-state index is 0.150. The standard InChI is InChI=1S/C17H13ClO2/c1-10-6-7-12(8-14(10)18)16(19)15-9-13-5-3-4-11(2)17(13)20-15/h3-9H,1-2H3. The SMILES string of the molecule is Cc1ccc(C(=O)c2cc3cccc(C)c3o2)cc1Cl. The summed E-state index contributed by atoms with van der Waals surface area (Å²) < 4.78 is 5.69. The zero-order valence-electron chi connectivity index (χ0n) is 11.2. The first kappa shape index (κ1) is 12.9. The number of hydrogen-bond acceptors (Lipinski definition) is 2. The molecule has 0 aliphatic heterocycles. The van der Waals surface area contributed by atoms with Gasteiger partial charge in [0.1, 0.15) is 5.58 Å². The van der Waals surface area contributed by atoms with Crippen LogP contribution in [0.1, 0.15) is 27.2 Å². The van der Waals surface area contributed by atoms with Crippen LogP contribution in [0, 0.1) is 13.8 Å². The molecular formula is C17H13ClO2. The molecule has 20 heavy (non-hydrogen) atoms. The third-order valence-electron chi connectivity index (χ3n) is 3.40. The number of rotatable bonds is 2. The maximum atomic E-state index is 12.4. The van der Waals surface area contributed by atoms with Crippen LogP contribution in [-0.4, -0.2) is 5.78 Å². The minimum atomic E-state index is -0.150. The maximum Gasteiger partial charge on any atom is 0.228 e. The van der Waals surface area contributed by atoms with E-state index >= 15 is 0 Å². The molecule has 0 amide bonds. The van der Waals surface area contributed by atoms with E-state index in [4.69, 9.17) is 16.0 Å². The molecule has 0 fully saturated rings. The molecule has 1 aromatic heterocycles. The average molecular weight is 285 g/mol. The van der Waals surface area contributed by atoms with Crippen molar-refractivity contribution in [3.8, 4) is 0 Å². The lowest BCUT2D eigenvalue weighted by Gasteiger charge is -2.01. The highest BCUT2D eigenvalue weighted by molar-refractivity contribution is 6.31. The second-order valence-corrected chi connectivity index (χ2v) is 5.30. The molecular weight excluding hydrogens is 272 g/mol. The number of carbonyl (C=O) groups is 1. The van der Waals surface area contributed by atoms with Crippen LogP contribution in [-0.2, 0) is 0 Å². The second-order valence-electron chi connectivity index (χ2n) is 4.90. The number of aryl methyl sites for hydroxylation is 2. The Bertz CT molecular complexity index is 815. The molecule has 0 bridgehead atoms. The summed E-state index contributed by atoms with van der Waals surface area (Å²) in [6, 6.07) is 12.9. The highest BCUT2D eigenvalue weighted by Crippen LogP contribution is 2.25. The predicted molar refractivity (Wildman–Crippen MR) is 80.6 cm³/mol. The molecule has 3 aromatic rings. The van der Waals surface area contributed by atoms with E-state index in [9.17, 15) is 4.79 Å². The third kappa shape index (κ3) is 2.12. The lowest BCUT2D eigenvalue weighted by atomic mass is 10.1. The lowest BCUT2D eigenvalue weighted by molar-refractivity contribution is 0.101. The fraction of sp³-hybridized carbons (Fsp3) is 0.118. The van der Waals surface area contributed by atoms with Crippen LogP contribution >= 0.6 is 11.6 Å². The summed E-state index contributed by atoms with van der Waals surface area (Å²) in [6.07, 6.45) is 0. The topological polar surface area (TPSA) is 30.2 Å². The normalized spacial score (nSPS) is 10.9. The molecule has 0 unspecified atom stereocenters. The molecule has 0 aliphatic rings. The molecule has 2 nitrogen and oxygen atoms in total. The number of para-hydroxylation sites is 1. The molecule has 0 radical (unpaired) electrons. The first-order valence-corrected chi connectivity index (χ1v) is 6.74. The minimum Gasteiger partial charge on any atom is -0.452 e. The number of carbonyl (C=O) groups excluding carboxylic acids is 1. The lowest BCUT2D eigenvalue weighted by Crippen LogP contribution is -1.99. The number of furan rings is 1. The van der Waals surface area contributed by atoms with Gasteiger partial charge < -0.3 is 4.42 Å². The van der Waals surface area contributed by atoms with Crippen molar-refractivity contribution in [1.82, 2.24) is 0 Å². The van der Waals surface area contributed by atoms with E-state index in [1.807, 2.05) is 38.1 Å². The highest BCUT2D eigenvalue weighted by atomic mass is 35.5. The van der Waals surface area contributed by atoms with Crippen molar-refractivity contribution in [2.45, 2.75) is 13.8 Å². The largest absolute Gasteiger partial charge is 0.452 e. The molecule has 0 aliphatic carbocycles. The number of ketones is 1. The summed E-state index contributed by atoms with van der Waals surface area (Å²) in [5, 5.41) is 1.52. The van der Waals surface area contributed by atoms with Gasteiger partial charge in [0.25, 0.3) is 0 Å². The van der Waals surface area contributed by atoms with Gasteiger partial charge in [0.15, 0.2) is 5.76 Å². The molecule has 0 spiro atoms. The molecule has 100 valence electrons. The predicted octanol–water partition coefficient (Wildman–Crippen LogP) is 4.93. The Balaban J connectivity index is 2.08. The zero-order valence-corrected chi connectivity index (χ0v) is 12.0. The first-order chi connectivity index (χ1) is 9.56. The molecule has 3 rings (SSSR count). The molecule has 3 heteroatoms. The maximum absolute atomic E-state index is 12.4. The summed E-state index contributed by atoms with van der Waals surface area (Å²) in [5.74, 6) is 0.191. The van der Waals surface area contributed by atoms with E-state index in [0.717, 1.165) is 22.1 Å². The zero-order chi connectivity index (χ0) is 14.3. The smallest absolute Gasteiger partial charge is 0.228 e. The fourth-order valence-electron chi connectivity index (χ4n) is 2.20. The van der Waals surface area contributed by atoms with Crippen LogP contribution in [0.15, 0.2) is 46.9 Å². The van der Waals surface area contributed by atoms with E-state index < -0.39 is 0 Å². The van der Waals surface area contributed by atoms with Gasteiger partial charge in [0, 0.05) is 16.0 Å². The summed E-state index contributed by atoms with van der Waals surface area (Å²) in [5.41, 5.74) is 3.26. The third-order valence-corrected chi connectivity index (χ3v) is 3.81. The molecule has 0 atom stereocenters. The van der Waals surface area contributed by atoms with Crippen LogP contribution < -0.4 is 0 Å². The van der Waals surface area contributed by atoms with Gasteiger partial charge in [-0.15, -0.1) is 0 Å². The van der Waals surface area contributed by atoms with Crippen LogP contribution in [0.2, 0.25) is 5.02 Å². The quantitative estimate of drug-likeness (QED) is 0.624. The van der Waals surface area contributed by atoms with Crippen molar-refractivity contribution in [2.75, 3.05) is 0 Å². The fourth-order valence-corrected chi connectivity index (χ4v) is 2.38. The van der Waals surface area contributed by atoms with Crippen molar-refractivity contribution in [3.05, 3.63) is 69.9 Å². The van der Waals surface area contributed by atoms with Gasteiger partial charge in [0.05, 0.1) is 0 Å². The van der Waals surface area contributed by atoms with E-state index in [0.29, 0.717) is 16.3 Å². The number of halogens is 1. The van der Waals surface area contributed by atoms with Gasteiger partial charge in [-0.3, -0.25) is 4.79 Å². The van der Waals surface area contributed by atoms with Crippen molar-refractivity contribution in [2.24, 2.45) is 0 Å². The molecule has 0 saturated carbocycles. The summed E-state index contributed by atoms with van der Waals surface area (Å²) in [7, 11) is 0. The Kier molecular flexibility index (Phi) is 3.11. The van der Waals surface area contributed by atoms with E-state index in [-0.39, 0.29) is 5.78 Å². The Morgan fingerprint density at radius 1 is 1.05 bits per heavy atom. The van der Waals surface area contributed by atoms with Crippen LogP contribution in [0.4, 0.5) is 0 Å². The van der Waals surface area contributed by atoms with Gasteiger partial charge in [-0.1, -0.05) is 41.9 Å². The molecule has 1 heterocycles. The number of benzene rings is 2.